The summed E-state index contributed by atoms with van der Waals surface area (Å²) in [5.41, 5.74) is -4.86. The number of esters is 1. The van der Waals surface area contributed by atoms with Crippen LogP contribution < -0.4 is 0 Å². The normalized spacial score (nSPS) is 12.2. The van der Waals surface area contributed by atoms with Crippen LogP contribution in [-0.2, 0) is 19.6 Å². The van der Waals surface area contributed by atoms with Gasteiger partial charge in [-0.2, -0.15) is 21.6 Å². The van der Waals surface area contributed by atoms with Crippen LogP contribution in [0.3, 0.4) is 0 Å². The summed E-state index contributed by atoms with van der Waals surface area (Å²) in [6.07, 6.45) is 0.881. The number of halogens is 3. The van der Waals surface area contributed by atoms with E-state index in [4.69, 9.17) is 17.7 Å². The van der Waals surface area contributed by atoms with Crippen molar-refractivity contribution < 1.29 is 35.7 Å². The molecule has 0 aliphatic rings. The van der Waals surface area contributed by atoms with E-state index in [1.807, 2.05) is 0 Å². The van der Waals surface area contributed by atoms with E-state index in [0.29, 0.717) is 12.2 Å². The Labute approximate surface area is 116 Å². The molecule has 120 valence electrons. The molecule has 5 nitrogen and oxygen atoms in total. The van der Waals surface area contributed by atoms with Crippen LogP contribution in [0.25, 0.3) is 0 Å². The number of hydrogen-bond donors (Lipinski definition) is 1. The average Bonchev–Trinajstić information content (AvgIpc) is 2.12. The van der Waals surface area contributed by atoms with E-state index in [-0.39, 0.29) is 11.4 Å². The lowest BCUT2D eigenvalue weighted by Gasteiger charge is -2.17. The highest BCUT2D eigenvalue weighted by molar-refractivity contribution is 7.86. The lowest BCUT2D eigenvalue weighted by atomic mass is 9.93. The molecule has 0 saturated carbocycles. The van der Waals surface area contributed by atoms with Crippen LogP contribution in [-0.4, -0.2) is 31.1 Å². The molecule has 0 aliphatic carbocycles. The first-order chi connectivity index (χ1) is 8.58. The van der Waals surface area contributed by atoms with Crippen LogP contribution in [0.5, 0.6) is 0 Å². The Morgan fingerprint density at radius 2 is 1.60 bits per heavy atom. The monoisotopic (exact) mass is 320 g/mol. The molecule has 0 spiro atoms. The molecule has 1 N–H and O–H groups in total. The average molecular weight is 320 g/mol. The van der Waals surface area contributed by atoms with Gasteiger partial charge in [0.15, 0.2) is 0 Å². The van der Waals surface area contributed by atoms with Crippen LogP contribution in [0.2, 0.25) is 0 Å². The van der Waals surface area contributed by atoms with Crippen LogP contribution in [0.15, 0.2) is 12.2 Å². The van der Waals surface area contributed by atoms with Gasteiger partial charge in [-0.05, 0) is 18.8 Å². The highest BCUT2D eigenvalue weighted by atomic mass is 32.2. The third-order valence-electron chi connectivity index (χ3n) is 1.73. The van der Waals surface area contributed by atoms with Gasteiger partial charge in [0.2, 0.25) is 0 Å². The highest BCUT2D eigenvalue weighted by Gasteiger charge is 2.44. The Morgan fingerprint density at radius 1 is 1.25 bits per heavy atom. The van der Waals surface area contributed by atoms with Crippen molar-refractivity contribution in [2.45, 2.75) is 39.6 Å². The maximum Gasteiger partial charge on any atom is 0.522 e. The van der Waals surface area contributed by atoms with E-state index in [1.165, 1.54) is 0 Å². The van der Waals surface area contributed by atoms with Crippen molar-refractivity contribution in [2.75, 3.05) is 6.61 Å². The summed E-state index contributed by atoms with van der Waals surface area (Å²) in [5, 5.41) is 0. The van der Waals surface area contributed by atoms with Crippen LogP contribution in [0.4, 0.5) is 13.2 Å². The van der Waals surface area contributed by atoms with E-state index >= 15 is 0 Å². The van der Waals surface area contributed by atoms with Crippen LogP contribution in [0.1, 0.15) is 34.1 Å². The summed E-state index contributed by atoms with van der Waals surface area (Å²) in [5.74, 6) is -0.292. The molecule has 0 atom stereocenters. The van der Waals surface area contributed by atoms with Gasteiger partial charge in [0, 0.05) is 5.57 Å². The number of hydrogen-bond acceptors (Lipinski definition) is 4. The van der Waals surface area contributed by atoms with Crippen molar-refractivity contribution >= 4 is 16.1 Å². The molecule has 0 rings (SSSR count). The van der Waals surface area contributed by atoms with Gasteiger partial charge >= 0.3 is 21.6 Å². The smallest absolute Gasteiger partial charge is 0.462 e. The highest BCUT2D eigenvalue weighted by Crippen LogP contribution is 2.20. The fraction of sp³-hybridized carbons (Fsp3) is 0.727. The molecular weight excluding hydrogens is 301 g/mol. The Hall–Kier alpha value is -1.09. The number of carbonyl (C=O) groups excluding carboxylic acids is 1. The molecule has 0 fully saturated rings. The number of ether oxygens (including phenoxy) is 1. The third kappa shape index (κ3) is 12.0. The Morgan fingerprint density at radius 3 is 1.80 bits per heavy atom. The van der Waals surface area contributed by atoms with Gasteiger partial charge in [-0.1, -0.05) is 27.4 Å². The SMILES string of the molecule is C=C(C)C(=O)OCCC(C)(C)C.O=S(=O)(O)C(F)(F)F. The molecule has 0 saturated heterocycles. The van der Waals surface area contributed by atoms with Crippen molar-refractivity contribution in [3.8, 4) is 0 Å². The number of alkyl halides is 3. The van der Waals surface area contributed by atoms with Gasteiger partial charge in [-0.15, -0.1) is 0 Å². The maximum atomic E-state index is 10.9. The summed E-state index contributed by atoms with van der Waals surface area (Å²) in [4.78, 5) is 10.9. The summed E-state index contributed by atoms with van der Waals surface area (Å²) in [6.45, 7) is 12.0. The van der Waals surface area contributed by atoms with Crippen LogP contribution in [0, 0.1) is 5.41 Å². The third-order valence-corrected chi connectivity index (χ3v) is 2.31. The zero-order chi connectivity index (χ0) is 16.8. The largest absolute Gasteiger partial charge is 0.522 e. The molecule has 9 heteroatoms. The minimum atomic E-state index is -5.84. The molecule has 0 unspecified atom stereocenters. The van der Waals surface area contributed by atoms with E-state index in [9.17, 15) is 18.0 Å². The summed E-state index contributed by atoms with van der Waals surface area (Å²) in [6, 6.07) is 0. The molecule has 0 aromatic rings. The number of rotatable bonds is 3. The molecule has 0 amide bonds. The van der Waals surface area contributed by atoms with E-state index < -0.39 is 15.6 Å². The second kappa shape index (κ2) is 7.63. The fourth-order valence-electron chi connectivity index (χ4n) is 0.573. The van der Waals surface area contributed by atoms with Crippen molar-refractivity contribution in [1.82, 2.24) is 0 Å². The van der Waals surface area contributed by atoms with Gasteiger partial charge in [0.25, 0.3) is 0 Å². The lowest BCUT2D eigenvalue weighted by Crippen LogP contribution is -2.21. The second-order valence-electron chi connectivity index (χ2n) is 5.15. The van der Waals surface area contributed by atoms with Gasteiger partial charge < -0.3 is 4.74 Å². The Bertz CT molecular complexity index is 432. The Balaban J connectivity index is 0. The molecule has 0 aliphatic heterocycles. The van der Waals surface area contributed by atoms with Gasteiger partial charge in [-0.25, -0.2) is 4.79 Å². The summed E-state index contributed by atoms with van der Waals surface area (Å²) >= 11 is 0. The molecule has 0 aromatic carbocycles. The van der Waals surface area contributed by atoms with Crippen molar-refractivity contribution in [3.05, 3.63) is 12.2 Å². The lowest BCUT2D eigenvalue weighted by molar-refractivity contribution is -0.139. The number of carbonyl (C=O) groups is 1. The minimum absolute atomic E-state index is 0.218. The zero-order valence-electron chi connectivity index (χ0n) is 11.7. The van der Waals surface area contributed by atoms with Crippen molar-refractivity contribution in [1.29, 1.82) is 0 Å². The Kier molecular flexibility index (Phi) is 8.09. The maximum absolute atomic E-state index is 10.9. The standard InChI is InChI=1S/C10H18O2.CHF3O3S/c1-8(2)9(11)12-7-6-10(3,4)5;2-1(3,4)8(5,6)7/h1,6-7H2,2-5H3;(H,5,6,7). The van der Waals surface area contributed by atoms with Gasteiger partial charge in [0.05, 0.1) is 6.61 Å². The van der Waals surface area contributed by atoms with Crippen LogP contribution >= 0.6 is 0 Å². The van der Waals surface area contributed by atoms with Crippen molar-refractivity contribution in [2.24, 2.45) is 5.41 Å². The quantitative estimate of drug-likeness (QED) is 0.374. The molecular formula is C11H19F3O5S. The molecule has 0 radical (unpaired) electrons. The minimum Gasteiger partial charge on any atom is -0.462 e. The van der Waals surface area contributed by atoms with E-state index in [0.717, 1.165) is 6.42 Å². The fourth-order valence-corrected chi connectivity index (χ4v) is 0.573. The predicted octanol–water partition coefficient (Wildman–Crippen LogP) is 2.94. The molecule has 0 bridgehead atoms. The summed E-state index contributed by atoms with van der Waals surface area (Å²) < 4.78 is 62.5. The van der Waals surface area contributed by atoms with E-state index in [2.05, 4.69) is 27.4 Å². The molecule has 0 heterocycles. The molecule has 20 heavy (non-hydrogen) atoms. The van der Waals surface area contributed by atoms with Gasteiger partial charge in [-0.3, -0.25) is 4.55 Å². The first-order valence-electron chi connectivity index (χ1n) is 5.44. The first-order valence-corrected chi connectivity index (χ1v) is 6.88. The topological polar surface area (TPSA) is 80.7 Å². The zero-order valence-corrected chi connectivity index (χ0v) is 12.6. The van der Waals surface area contributed by atoms with Crippen molar-refractivity contribution in [3.63, 3.8) is 0 Å². The first kappa shape index (κ1) is 21.2. The molecule has 0 aromatic heterocycles. The predicted molar refractivity (Wildman–Crippen MR) is 67.4 cm³/mol. The van der Waals surface area contributed by atoms with E-state index in [1.54, 1.807) is 6.92 Å². The second-order valence-corrected chi connectivity index (χ2v) is 6.56. The van der Waals surface area contributed by atoms with Gasteiger partial charge in [0.1, 0.15) is 0 Å². The summed E-state index contributed by atoms with van der Waals surface area (Å²) in [7, 11) is -5.84.